The molecule has 0 radical (unpaired) electrons. The smallest absolute Gasteiger partial charge is 0.240 e. The normalized spacial score (nSPS) is 28.9. The topological polar surface area (TPSA) is 62.1 Å². The molecule has 1 saturated carbocycles. The minimum absolute atomic E-state index is 0.0513. The Balaban J connectivity index is 2.00. The van der Waals surface area contributed by atoms with Crippen molar-refractivity contribution in [2.75, 3.05) is 6.61 Å². The fourth-order valence-corrected chi connectivity index (χ4v) is 3.40. The molecule has 1 saturated heterocycles. The van der Waals surface area contributed by atoms with Crippen molar-refractivity contribution in [3.63, 3.8) is 0 Å². The Morgan fingerprint density at radius 2 is 1.90 bits per heavy atom. The first-order chi connectivity index (χ1) is 9.47. The second-order valence-corrected chi connectivity index (χ2v) is 6.88. The number of nitriles is 1. The third-order valence-corrected chi connectivity index (χ3v) is 4.64. The predicted octanol–water partition coefficient (Wildman–Crippen LogP) is 2.92. The summed E-state index contributed by atoms with van der Waals surface area (Å²) in [5.74, 6) is -0.0513. The van der Waals surface area contributed by atoms with Crippen LogP contribution in [0.1, 0.15) is 65.2 Å². The first-order valence-corrected chi connectivity index (χ1v) is 7.84. The van der Waals surface area contributed by atoms with Gasteiger partial charge in [0.05, 0.1) is 11.7 Å². The van der Waals surface area contributed by atoms with Crippen molar-refractivity contribution >= 4 is 5.91 Å². The van der Waals surface area contributed by atoms with Crippen LogP contribution in [0.2, 0.25) is 0 Å². The third-order valence-electron chi connectivity index (χ3n) is 4.64. The highest BCUT2D eigenvalue weighted by molar-refractivity contribution is 5.85. The van der Waals surface area contributed by atoms with Crippen molar-refractivity contribution in [2.45, 2.75) is 76.9 Å². The second-order valence-electron chi connectivity index (χ2n) is 6.88. The summed E-state index contributed by atoms with van der Waals surface area (Å²) in [6.45, 7) is 4.78. The molecule has 0 bridgehead atoms. The summed E-state index contributed by atoms with van der Waals surface area (Å²) in [6, 6.07) is 2.46. The van der Waals surface area contributed by atoms with Crippen molar-refractivity contribution in [1.82, 2.24) is 5.32 Å². The van der Waals surface area contributed by atoms with E-state index in [1.807, 2.05) is 0 Å². The van der Waals surface area contributed by atoms with Crippen molar-refractivity contribution in [2.24, 2.45) is 5.41 Å². The molecular weight excluding hydrogens is 252 g/mol. The molecule has 1 amide bonds. The Bertz CT molecular complexity index is 390. The summed E-state index contributed by atoms with van der Waals surface area (Å²) in [5, 5.41) is 12.7. The quantitative estimate of drug-likeness (QED) is 0.790. The fourth-order valence-electron chi connectivity index (χ4n) is 3.40. The Morgan fingerprint density at radius 1 is 1.25 bits per heavy atom. The number of ether oxygens (including phenoxy) is 1. The highest BCUT2D eigenvalue weighted by Crippen LogP contribution is 2.35. The summed E-state index contributed by atoms with van der Waals surface area (Å²) in [5.41, 5.74) is -0.974. The van der Waals surface area contributed by atoms with Gasteiger partial charge in [-0.25, -0.2) is 0 Å². The van der Waals surface area contributed by atoms with E-state index < -0.39 is 5.41 Å². The lowest BCUT2D eigenvalue weighted by molar-refractivity contribution is -0.131. The van der Waals surface area contributed by atoms with E-state index in [4.69, 9.17) is 4.74 Å². The molecule has 20 heavy (non-hydrogen) atoms. The summed E-state index contributed by atoms with van der Waals surface area (Å²) in [6.07, 6.45) is 7.34. The molecule has 0 aromatic heterocycles. The molecule has 112 valence electrons. The second kappa shape index (κ2) is 6.13. The van der Waals surface area contributed by atoms with Gasteiger partial charge >= 0.3 is 0 Å². The van der Waals surface area contributed by atoms with Gasteiger partial charge in [0, 0.05) is 12.6 Å². The largest absolute Gasteiger partial charge is 0.375 e. The average Bonchev–Trinajstić information content (AvgIpc) is 2.63. The zero-order valence-corrected chi connectivity index (χ0v) is 12.7. The molecule has 4 nitrogen and oxygen atoms in total. The SMILES string of the molecule is CC1(C)CC(NC(=O)C2(C#N)CCCCCC2)CCO1. The zero-order valence-electron chi connectivity index (χ0n) is 12.7. The number of amides is 1. The van der Waals surface area contributed by atoms with Crippen molar-refractivity contribution in [1.29, 1.82) is 5.26 Å². The Labute approximate surface area is 121 Å². The van der Waals surface area contributed by atoms with Gasteiger partial charge in [0.2, 0.25) is 5.91 Å². The van der Waals surface area contributed by atoms with E-state index >= 15 is 0 Å². The van der Waals surface area contributed by atoms with Crippen molar-refractivity contribution in [3.8, 4) is 6.07 Å². The molecule has 2 fully saturated rings. The molecule has 2 rings (SSSR count). The first-order valence-electron chi connectivity index (χ1n) is 7.84. The van der Waals surface area contributed by atoms with Gasteiger partial charge in [-0.1, -0.05) is 25.7 Å². The lowest BCUT2D eigenvalue weighted by atomic mass is 9.80. The lowest BCUT2D eigenvalue weighted by Gasteiger charge is -2.37. The van der Waals surface area contributed by atoms with Crippen LogP contribution in [0.4, 0.5) is 0 Å². The highest BCUT2D eigenvalue weighted by Gasteiger charge is 2.40. The van der Waals surface area contributed by atoms with Crippen LogP contribution in [0.25, 0.3) is 0 Å². The van der Waals surface area contributed by atoms with E-state index in [1.165, 1.54) is 0 Å². The Kier molecular flexibility index (Phi) is 4.70. The van der Waals surface area contributed by atoms with Gasteiger partial charge in [0.25, 0.3) is 0 Å². The maximum absolute atomic E-state index is 12.6. The summed E-state index contributed by atoms with van der Waals surface area (Å²) in [4.78, 5) is 12.6. The van der Waals surface area contributed by atoms with Crippen LogP contribution in [-0.2, 0) is 9.53 Å². The van der Waals surface area contributed by atoms with Crippen LogP contribution >= 0.6 is 0 Å². The van der Waals surface area contributed by atoms with Crippen LogP contribution < -0.4 is 5.32 Å². The van der Waals surface area contributed by atoms with Crippen LogP contribution in [0.15, 0.2) is 0 Å². The van der Waals surface area contributed by atoms with E-state index in [9.17, 15) is 10.1 Å². The molecule has 2 aliphatic rings. The van der Waals surface area contributed by atoms with E-state index in [1.54, 1.807) is 0 Å². The Hall–Kier alpha value is -1.08. The van der Waals surface area contributed by atoms with E-state index in [-0.39, 0.29) is 17.6 Å². The monoisotopic (exact) mass is 278 g/mol. The number of nitrogens with one attached hydrogen (secondary N) is 1. The summed E-state index contributed by atoms with van der Waals surface area (Å²) >= 11 is 0. The molecule has 1 atom stereocenters. The molecule has 4 heteroatoms. The van der Waals surface area contributed by atoms with E-state index in [0.29, 0.717) is 19.4 Å². The first kappa shape index (κ1) is 15.3. The third kappa shape index (κ3) is 3.52. The number of nitrogens with zero attached hydrogens (tertiary/aromatic N) is 1. The molecule has 1 heterocycles. The maximum Gasteiger partial charge on any atom is 0.240 e. The van der Waals surface area contributed by atoms with Gasteiger partial charge in [0.15, 0.2) is 0 Å². The number of carbonyl (C=O) groups excluding carboxylic acids is 1. The number of hydrogen-bond acceptors (Lipinski definition) is 3. The molecule has 0 aromatic carbocycles. The van der Waals surface area contributed by atoms with Crippen LogP contribution in [0.3, 0.4) is 0 Å². The minimum Gasteiger partial charge on any atom is -0.375 e. The Morgan fingerprint density at radius 3 is 2.45 bits per heavy atom. The minimum atomic E-state index is -0.793. The van der Waals surface area contributed by atoms with Crippen LogP contribution in [0, 0.1) is 16.7 Å². The lowest BCUT2D eigenvalue weighted by Crippen LogP contribution is -2.50. The predicted molar refractivity (Wildman–Crippen MR) is 76.9 cm³/mol. The van der Waals surface area contributed by atoms with Gasteiger partial charge < -0.3 is 10.1 Å². The van der Waals surface area contributed by atoms with Crippen molar-refractivity contribution < 1.29 is 9.53 Å². The summed E-state index contributed by atoms with van der Waals surface area (Å²) < 4.78 is 5.68. The molecule has 1 unspecified atom stereocenters. The molecule has 1 aliphatic carbocycles. The van der Waals surface area contributed by atoms with Gasteiger partial charge in [-0.3, -0.25) is 4.79 Å². The van der Waals surface area contributed by atoms with Crippen LogP contribution in [0.5, 0.6) is 0 Å². The molecule has 0 aromatic rings. The maximum atomic E-state index is 12.6. The van der Waals surface area contributed by atoms with Gasteiger partial charge in [-0.05, 0) is 39.5 Å². The molecular formula is C16H26N2O2. The van der Waals surface area contributed by atoms with Gasteiger partial charge in [-0.2, -0.15) is 5.26 Å². The number of hydrogen-bond donors (Lipinski definition) is 1. The molecule has 1 aliphatic heterocycles. The van der Waals surface area contributed by atoms with E-state index in [2.05, 4.69) is 25.2 Å². The standard InChI is InChI=1S/C16H26N2O2/c1-15(2)11-13(7-10-20-15)18-14(19)16(12-17)8-5-3-4-6-9-16/h13H,3-11H2,1-2H3,(H,18,19). The molecule has 0 spiro atoms. The summed E-state index contributed by atoms with van der Waals surface area (Å²) in [7, 11) is 0. The average molecular weight is 278 g/mol. The zero-order chi connectivity index (χ0) is 14.6. The fraction of sp³-hybridized carbons (Fsp3) is 0.875. The molecule has 1 N–H and O–H groups in total. The van der Waals surface area contributed by atoms with E-state index in [0.717, 1.165) is 38.5 Å². The number of rotatable bonds is 2. The van der Waals surface area contributed by atoms with Crippen LogP contribution in [-0.4, -0.2) is 24.2 Å². The van der Waals surface area contributed by atoms with Gasteiger partial charge in [-0.15, -0.1) is 0 Å². The van der Waals surface area contributed by atoms with Gasteiger partial charge in [0.1, 0.15) is 5.41 Å². The number of carbonyl (C=O) groups is 1. The highest BCUT2D eigenvalue weighted by atomic mass is 16.5. The van der Waals surface area contributed by atoms with Crippen molar-refractivity contribution in [3.05, 3.63) is 0 Å².